The molecule has 3 aromatic rings. The van der Waals surface area contributed by atoms with E-state index in [4.69, 9.17) is 0 Å². The number of rotatable bonds is 3. The number of aryl methyl sites for hydroxylation is 1. The summed E-state index contributed by atoms with van der Waals surface area (Å²) in [5.74, 6) is 0. The third-order valence-electron chi connectivity index (χ3n) is 3.56. The lowest BCUT2D eigenvalue weighted by Gasteiger charge is -2.09. The first-order valence-electron chi connectivity index (χ1n) is 7.22. The van der Waals surface area contributed by atoms with Gasteiger partial charge in [0.1, 0.15) is 0 Å². The van der Waals surface area contributed by atoms with E-state index in [0.29, 0.717) is 0 Å². The van der Waals surface area contributed by atoms with Gasteiger partial charge in [-0.15, -0.1) is 0 Å². The summed E-state index contributed by atoms with van der Waals surface area (Å²) in [6, 6.07) is 29.7. The van der Waals surface area contributed by atoms with Crippen molar-refractivity contribution in [1.29, 1.82) is 0 Å². The van der Waals surface area contributed by atoms with Crippen LogP contribution in [-0.4, -0.2) is 0 Å². The predicted molar refractivity (Wildman–Crippen MR) is 91.0 cm³/mol. The molecule has 0 nitrogen and oxygen atoms in total. The van der Waals surface area contributed by atoms with E-state index in [1.807, 2.05) is 6.07 Å². The fourth-order valence-electron chi connectivity index (χ4n) is 2.40. The van der Waals surface area contributed by atoms with Crippen molar-refractivity contribution in [1.82, 2.24) is 0 Å². The molecule has 0 N–H and O–H groups in total. The summed E-state index contributed by atoms with van der Waals surface area (Å²) in [4.78, 5) is 0. The molecule has 0 heteroatoms. The van der Waals surface area contributed by atoms with Crippen LogP contribution in [0, 0.1) is 6.92 Å². The van der Waals surface area contributed by atoms with Crippen LogP contribution in [0.5, 0.6) is 0 Å². The summed E-state index contributed by atoms with van der Waals surface area (Å²) in [6.07, 6.45) is 2.25. The normalized spacial score (nSPS) is 11.4. The standard InChI is InChI=1S/C21H18/c1-17-12-14-20(15-13-17)21(19-10-6-3-7-11-19)16-18-8-4-2-5-9-18/h2-16H,1H3. The molecule has 3 rings (SSSR count). The molecule has 0 heterocycles. The molecule has 0 amide bonds. The fraction of sp³-hybridized carbons (Fsp3) is 0.0476. The molecule has 0 atom stereocenters. The molecule has 0 saturated heterocycles. The summed E-state index contributed by atoms with van der Waals surface area (Å²) in [7, 11) is 0. The Bertz CT molecular complexity index is 720. The lowest BCUT2D eigenvalue weighted by Crippen LogP contribution is -1.88. The second-order valence-corrected chi connectivity index (χ2v) is 5.20. The summed E-state index contributed by atoms with van der Waals surface area (Å²) < 4.78 is 0. The lowest BCUT2D eigenvalue weighted by molar-refractivity contribution is 1.45. The molecule has 0 saturated carbocycles. The van der Waals surface area contributed by atoms with Gasteiger partial charge < -0.3 is 0 Å². The minimum absolute atomic E-state index is 1.22. The highest BCUT2D eigenvalue weighted by atomic mass is 14.1. The van der Waals surface area contributed by atoms with E-state index in [-0.39, 0.29) is 0 Å². The van der Waals surface area contributed by atoms with E-state index in [9.17, 15) is 0 Å². The molecule has 0 spiro atoms. The summed E-state index contributed by atoms with van der Waals surface area (Å²) in [5.41, 5.74) is 6.24. The molecular formula is C21H18. The highest BCUT2D eigenvalue weighted by Gasteiger charge is 2.04. The zero-order valence-corrected chi connectivity index (χ0v) is 12.2. The molecular weight excluding hydrogens is 252 g/mol. The topological polar surface area (TPSA) is 0 Å². The number of hydrogen-bond acceptors (Lipinski definition) is 0. The summed E-state index contributed by atoms with van der Waals surface area (Å²) in [5, 5.41) is 0. The van der Waals surface area contributed by atoms with Crippen molar-refractivity contribution in [2.24, 2.45) is 0 Å². The van der Waals surface area contributed by atoms with Gasteiger partial charge in [0.2, 0.25) is 0 Å². The molecule has 102 valence electrons. The first-order valence-corrected chi connectivity index (χ1v) is 7.22. The Balaban J connectivity index is 2.12. The van der Waals surface area contributed by atoms with Crippen molar-refractivity contribution < 1.29 is 0 Å². The SMILES string of the molecule is Cc1ccc(C(=Cc2ccccc2)c2ccccc2)cc1. The molecule has 0 aliphatic heterocycles. The van der Waals surface area contributed by atoms with Crippen LogP contribution in [0.4, 0.5) is 0 Å². The van der Waals surface area contributed by atoms with Crippen molar-refractivity contribution in [2.75, 3.05) is 0 Å². The van der Waals surface area contributed by atoms with Crippen molar-refractivity contribution in [3.63, 3.8) is 0 Å². The van der Waals surface area contributed by atoms with Gasteiger partial charge in [0, 0.05) is 0 Å². The smallest absolute Gasteiger partial charge is 0.0105 e. The molecule has 0 radical (unpaired) electrons. The van der Waals surface area contributed by atoms with E-state index < -0.39 is 0 Å². The van der Waals surface area contributed by atoms with Crippen LogP contribution in [-0.2, 0) is 0 Å². The molecule has 0 aliphatic carbocycles. The Hall–Kier alpha value is -2.60. The highest BCUT2D eigenvalue weighted by Crippen LogP contribution is 2.26. The molecule has 3 aromatic carbocycles. The van der Waals surface area contributed by atoms with E-state index in [1.165, 1.54) is 27.8 Å². The Morgan fingerprint density at radius 2 is 1.14 bits per heavy atom. The van der Waals surface area contributed by atoms with Gasteiger partial charge in [-0.05, 0) is 35.3 Å². The molecule has 21 heavy (non-hydrogen) atoms. The first kappa shape index (κ1) is 13.4. The second-order valence-electron chi connectivity index (χ2n) is 5.20. The first-order chi connectivity index (χ1) is 10.3. The van der Waals surface area contributed by atoms with Crippen LogP contribution >= 0.6 is 0 Å². The van der Waals surface area contributed by atoms with Gasteiger partial charge in [0.15, 0.2) is 0 Å². The molecule has 0 fully saturated rings. The van der Waals surface area contributed by atoms with Gasteiger partial charge in [0.25, 0.3) is 0 Å². The maximum atomic E-state index is 2.25. The molecule has 0 aliphatic rings. The van der Waals surface area contributed by atoms with E-state index in [0.717, 1.165) is 0 Å². The maximum Gasteiger partial charge on any atom is -0.0105 e. The van der Waals surface area contributed by atoms with Crippen molar-refractivity contribution in [3.8, 4) is 0 Å². The Morgan fingerprint density at radius 3 is 1.76 bits per heavy atom. The minimum atomic E-state index is 1.22. The largest absolute Gasteiger partial charge is 0.0622 e. The quantitative estimate of drug-likeness (QED) is 0.545. The Morgan fingerprint density at radius 1 is 0.619 bits per heavy atom. The van der Waals surface area contributed by atoms with Gasteiger partial charge in [-0.2, -0.15) is 0 Å². The Kier molecular flexibility index (Phi) is 3.97. The van der Waals surface area contributed by atoms with Gasteiger partial charge in [-0.1, -0.05) is 90.5 Å². The van der Waals surface area contributed by atoms with Crippen LogP contribution in [0.3, 0.4) is 0 Å². The average molecular weight is 270 g/mol. The number of hydrogen-bond donors (Lipinski definition) is 0. The van der Waals surface area contributed by atoms with Crippen molar-refractivity contribution in [3.05, 3.63) is 107 Å². The van der Waals surface area contributed by atoms with Crippen molar-refractivity contribution >= 4 is 11.6 Å². The maximum absolute atomic E-state index is 2.25. The Labute approximate surface area is 126 Å². The summed E-state index contributed by atoms with van der Waals surface area (Å²) in [6.45, 7) is 2.12. The van der Waals surface area contributed by atoms with Crippen molar-refractivity contribution in [2.45, 2.75) is 6.92 Å². The molecule has 0 bridgehead atoms. The van der Waals surface area contributed by atoms with Crippen LogP contribution in [0.15, 0.2) is 84.9 Å². The minimum Gasteiger partial charge on any atom is -0.0622 e. The van der Waals surface area contributed by atoms with Gasteiger partial charge >= 0.3 is 0 Å². The summed E-state index contributed by atoms with van der Waals surface area (Å²) >= 11 is 0. The molecule has 0 aromatic heterocycles. The van der Waals surface area contributed by atoms with E-state index in [2.05, 4.69) is 91.9 Å². The fourth-order valence-corrected chi connectivity index (χ4v) is 2.40. The highest BCUT2D eigenvalue weighted by molar-refractivity contribution is 5.91. The van der Waals surface area contributed by atoms with E-state index in [1.54, 1.807) is 0 Å². The molecule has 0 unspecified atom stereocenters. The second kappa shape index (κ2) is 6.23. The lowest BCUT2D eigenvalue weighted by atomic mass is 9.95. The van der Waals surface area contributed by atoms with Gasteiger partial charge in [0.05, 0.1) is 0 Å². The van der Waals surface area contributed by atoms with Crippen LogP contribution in [0.1, 0.15) is 22.3 Å². The van der Waals surface area contributed by atoms with Gasteiger partial charge in [-0.25, -0.2) is 0 Å². The number of benzene rings is 3. The predicted octanol–water partition coefficient (Wildman–Crippen LogP) is 5.58. The zero-order valence-electron chi connectivity index (χ0n) is 12.2. The monoisotopic (exact) mass is 270 g/mol. The zero-order chi connectivity index (χ0) is 14.5. The third kappa shape index (κ3) is 3.29. The van der Waals surface area contributed by atoms with E-state index >= 15 is 0 Å². The van der Waals surface area contributed by atoms with Crippen LogP contribution in [0.2, 0.25) is 0 Å². The van der Waals surface area contributed by atoms with Gasteiger partial charge in [-0.3, -0.25) is 0 Å². The van der Waals surface area contributed by atoms with Crippen LogP contribution in [0.25, 0.3) is 11.6 Å². The third-order valence-corrected chi connectivity index (χ3v) is 3.56. The van der Waals surface area contributed by atoms with Crippen LogP contribution < -0.4 is 0 Å². The average Bonchev–Trinajstić information content (AvgIpc) is 2.55.